The molecule has 1 N–H and O–H groups in total. The summed E-state index contributed by atoms with van der Waals surface area (Å²) in [6.07, 6.45) is 2.14. The second kappa shape index (κ2) is 7.29. The van der Waals surface area contributed by atoms with Gasteiger partial charge in [-0.2, -0.15) is 0 Å². The van der Waals surface area contributed by atoms with E-state index in [1.54, 1.807) is 12.1 Å². The summed E-state index contributed by atoms with van der Waals surface area (Å²) in [4.78, 5) is 17.1. The molecule has 21 heavy (non-hydrogen) atoms. The number of carbonyl (C=O) groups excluding carboxylic acids is 1. The summed E-state index contributed by atoms with van der Waals surface area (Å²) in [5.41, 5.74) is 0. The molecule has 3 rings (SSSR count). The van der Waals surface area contributed by atoms with Crippen LogP contribution in [0.4, 0.5) is 0 Å². The van der Waals surface area contributed by atoms with Gasteiger partial charge in [0.1, 0.15) is 0 Å². The van der Waals surface area contributed by atoms with Crippen LogP contribution in [-0.4, -0.2) is 59.6 Å². The average molecular weight is 351 g/mol. The van der Waals surface area contributed by atoms with Gasteiger partial charge in [-0.1, -0.05) is 11.6 Å². The van der Waals surface area contributed by atoms with Gasteiger partial charge in [-0.25, -0.2) is 0 Å². The molecule has 1 unspecified atom stereocenters. The number of aliphatic hydroxyl groups excluding tert-OH is 1. The van der Waals surface area contributed by atoms with Gasteiger partial charge in [0.15, 0.2) is 0 Å². The van der Waals surface area contributed by atoms with Crippen LogP contribution in [0.25, 0.3) is 0 Å². The van der Waals surface area contributed by atoms with E-state index in [1.165, 1.54) is 24.2 Å². The van der Waals surface area contributed by atoms with E-state index >= 15 is 0 Å². The molecule has 2 aliphatic rings. The van der Waals surface area contributed by atoms with Crippen LogP contribution < -0.4 is 0 Å². The number of piperazine rings is 1. The molecule has 1 aromatic rings. The third kappa shape index (κ3) is 4.33. The van der Waals surface area contributed by atoms with Crippen molar-refractivity contribution in [3.63, 3.8) is 0 Å². The SMILES string of the molecule is Cl.O=C(c1ccc(Cl)s1)N1CCN(CC(O)C2CC2)CC1. The van der Waals surface area contributed by atoms with Crippen molar-refractivity contribution in [1.29, 1.82) is 0 Å². The minimum Gasteiger partial charge on any atom is -0.392 e. The Hall–Kier alpha value is -0.330. The molecule has 0 spiro atoms. The lowest BCUT2D eigenvalue weighted by molar-refractivity contribution is 0.0492. The van der Waals surface area contributed by atoms with Gasteiger partial charge in [-0.05, 0) is 30.9 Å². The van der Waals surface area contributed by atoms with E-state index in [1.807, 2.05) is 4.90 Å². The molecule has 4 nitrogen and oxygen atoms in total. The fourth-order valence-electron chi connectivity index (χ4n) is 2.61. The summed E-state index contributed by atoms with van der Waals surface area (Å²) in [6, 6.07) is 3.56. The summed E-state index contributed by atoms with van der Waals surface area (Å²) in [5.74, 6) is 0.590. The van der Waals surface area contributed by atoms with Crippen molar-refractivity contribution in [2.24, 2.45) is 5.92 Å². The molecule has 0 bridgehead atoms. The van der Waals surface area contributed by atoms with E-state index in [4.69, 9.17) is 11.6 Å². The Balaban J connectivity index is 0.00000161. The first-order valence-corrected chi connectivity index (χ1v) is 8.28. The zero-order chi connectivity index (χ0) is 14.1. The molecule has 2 heterocycles. The molecule has 1 atom stereocenters. The Morgan fingerprint density at radius 2 is 2.00 bits per heavy atom. The summed E-state index contributed by atoms with van der Waals surface area (Å²) >= 11 is 7.20. The minimum atomic E-state index is -0.187. The van der Waals surface area contributed by atoms with Gasteiger partial charge in [-0.15, -0.1) is 23.7 Å². The van der Waals surface area contributed by atoms with E-state index in [2.05, 4.69) is 4.90 Å². The maximum atomic E-state index is 12.3. The second-order valence-electron chi connectivity index (χ2n) is 5.60. The van der Waals surface area contributed by atoms with Crippen molar-refractivity contribution in [3.8, 4) is 0 Å². The molecular weight excluding hydrogens is 331 g/mol. The zero-order valence-corrected chi connectivity index (χ0v) is 14.1. The van der Waals surface area contributed by atoms with Gasteiger partial charge < -0.3 is 10.0 Å². The molecule has 2 fully saturated rings. The topological polar surface area (TPSA) is 43.8 Å². The lowest BCUT2D eigenvalue weighted by Crippen LogP contribution is -2.50. The molecule has 1 saturated carbocycles. The Labute approximate surface area is 140 Å². The van der Waals surface area contributed by atoms with E-state index < -0.39 is 0 Å². The highest BCUT2D eigenvalue weighted by Crippen LogP contribution is 2.33. The second-order valence-corrected chi connectivity index (χ2v) is 7.32. The molecule has 1 aliphatic heterocycles. The van der Waals surface area contributed by atoms with Crippen molar-refractivity contribution in [1.82, 2.24) is 9.80 Å². The number of nitrogens with zero attached hydrogens (tertiary/aromatic N) is 2. The van der Waals surface area contributed by atoms with Crippen LogP contribution in [0.5, 0.6) is 0 Å². The number of halogens is 2. The van der Waals surface area contributed by atoms with E-state index in [0.717, 1.165) is 32.7 Å². The van der Waals surface area contributed by atoms with Crippen LogP contribution in [0, 0.1) is 5.92 Å². The van der Waals surface area contributed by atoms with Gasteiger partial charge in [0, 0.05) is 32.7 Å². The summed E-state index contributed by atoms with van der Waals surface area (Å²) in [6.45, 7) is 3.89. The van der Waals surface area contributed by atoms with Gasteiger partial charge in [-0.3, -0.25) is 9.69 Å². The Morgan fingerprint density at radius 3 is 2.52 bits per heavy atom. The summed E-state index contributed by atoms with van der Waals surface area (Å²) in [7, 11) is 0. The number of amides is 1. The van der Waals surface area contributed by atoms with Crippen LogP contribution in [0.1, 0.15) is 22.5 Å². The molecule has 7 heteroatoms. The number of hydrogen-bond donors (Lipinski definition) is 1. The fourth-order valence-corrected chi connectivity index (χ4v) is 3.62. The van der Waals surface area contributed by atoms with Crippen LogP contribution in [-0.2, 0) is 0 Å². The van der Waals surface area contributed by atoms with Crippen molar-refractivity contribution in [3.05, 3.63) is 21.3 Å². The number of carbonyl (C=O) groups is 1. The van der Waals surface area contributed by atoms with Crippen LogP contribution >= 0.6 is 35.3 Å². The van der Waals surface area contributed by atoms with Crippen molar-refractivity contribution < 1.29 is 9.90 Å². The number of hydrogen-bond acceptors (Lipinski definition) is 4. The van der Waals surface area contributed by atoms with Crippen molar-refractivity contribution in [2.75, 3.05) is 32.7 Å². The lowest BCUT2D eigenvalue weighted by atomic mass is 10.2. The maximum Gasteiger partial charge on any atom is 0.264 e. The lowest BCUT2D eigenvalue weighted by Gasteiger charge is -2.35. The average Bonchev–Trinajstić information content (AvgIpc) is 3.21. The number of rotatable bonds is 4. The van der Waals surface area contributed by atoms with Crippen molar-refractivity contribution in [2.45, 2.75) is 18.9 Å². The maximum absolute atomic E-state index is 12.3. The summed E-state index contributed by atoms with van der Waals surface area (Å²) in [5, 5.41) is 9.96. The highest BCUT2D eigenvalue weighted by molar-refractivity contribution is 7.17. The Kier molecular flexibility index (Phi) is 5.91. The Morgan fingerprint density at radius 1 is 1.33 bits per heavy atom. The smallest absolute Gasteiger partial charge is 0.264 e. The standard InChI is InChI=1S/C14H19ClN2O2S.ClH/c15-13-4-3-12(20-13)14(19)17-7-5-16(6-8-17)9-11(18)10-1-2-10;/h3-4,10-11,18H,1-2,5-9H2;1H. The Bertz CT molecular complexity index is 485. The number of aliphatic hydroxyl groups is 1. The minimum absolute atomic E-state index is 0. The normalized spacial score (nSPS) is 21.0. The van der Waals surface area contributed by atoms with E-state index in [0.29, 0.717) is 15.1 Å². The highest BCUT2D eigenvalue weighted by atomic mass is 35.5. The molecule has 118 valence electrons. The largest absolute Gasteiger partial charge is 0.392 e. The predicted octanol–water partition coefficient (Wildman–Crippen LogP) is 2.35. The molecular formula is C14H20Cl2N2O2S. The number of β-amino-alcohol motifs (C(OH)–C–C–N with tert-alkyl or cyclic N) is 1. The molecule has 1 aromatic heterocycles. The van der Waals surface area contributed by atoms with E-state index in [-0.39, 0.29) is 24.4 Å². The molecule has 1 aliphatic carbocycles. The van der Waals surface area contributed by atoms with Gasteiger partial charge in [0.25, 0.3) is 5.91 Å². The first-order valence-electron chi connectivity index (χ1n) is 7.08. The van der Waals surface area contributed by atoms with Crippen molar-refractivity contribution >= 4 is 41.3 Å². The first kappa shape index (κ1) is 17.0. The van der Waals surface area contributed by atoms with Gasteiger partial charge in [0.2, 0.25) is 0 Å². The fraction of sp³-hybridized carbons (Fsp3) is 0.643. The highest BCUT2D eigenvalue weighted by Gasteiger charge is 2.32. The monoisotopic (exact) mass is 350 g/mol. The zero-order valence-electron chi connectivity index (χ0n) is 11.7. The predicted molar refractivity (Wildman–Crippen MR) is 87.7 cm³/mol. The van der Waals surface area contributed by atoms with Crippen LogP contribution in [0.3, 0.4) is 0 Å². The van der Waals surface area contributed by atoms with Crippen LogP contribution in [0.15, 0.2) is 12.1 Å². The number of thiophene rings is 1. The van der Waals surface area contributed by atoms with Crippen LogP contribution in [0.2, 0.25) is 4.34 Å². The summed E-state index contributed by atoms with van der Waals surface area (Å²) < 4.78 is 0.652. The quantitative estimate of drug-likeness (QED) is 0.906. The first-order chi connectivity index (χ1) is 9.63. The third-order valence-electron chi connectivity index (χ3n) is 4.05. The molecule has 0 aromatic carbocycles. The van der Waals surface area contributed by atoms with Gasteiger partial charge >= 0.3 is 0 Å². The third-order valence-corrected chi connectivity index (χ3v) is 5.27. The molecule has 0 radical (unpaired) electrons. The van der Waals surface area contributed by atoms with Gasteiger partial charge in [0.05, 0.1) is 15.3 Å². The molecule has 1 saturated heterocycles. The molecule has 1 amide bonds. The van der Waals surface area contributed by atoms with E-state index in [9.17, 15) is 9.90 Å².